The summed E-state index contributed by atoms with van der Waals surface area (Å²) in [6.07, 6.45) is 3.87. The molecule has 0 unspecified atom stereocenters. The summed E-state index contributed by atoms with van der Waals surface area (Å²) in [6.45, 7) is 2.56. The Morgan fingerprint density at radius 1 is 1.22 bits per heavy atom. The summed E-state index contributed by atoms with van der Waals surface area (Å²) in [5, 5.41) is 6.14. The van der Waals surface area contributed by atoms with Crippen molar-refractivity contribution < 1.29 is 19.1 Å². The van der Waals surface area contributed by atoms with Crippen LogP contribution < -0.4 is 15.5 Å². The largest absolute Gasteiger partial charge is 0.465 e. The van der Waals surface area contributed by atoms with Crippen LogP contribution in [0.4, 0.5) is 5.69 Å². The number of rotatable bonds is 5. The number of aryl methyl sites for hydroxylation is 1. The molecule has 7 nitrogen and oxygen atoms in total. The lowest BCUT2D eigenvalue weighted by atomic mass is 10.0. The van der Waals surface area contributed by atoms with E-state index in [2.05, 4.69) is 10.6 Å². The van der Waals surface area contributed by atoms with Crippen molar-refractivity contribution in [2.75, 3.05) is 24.6 Å². The molecule has 0 radical (unpaired) electrons. The number of para-hydroxylation sites is 1. The quantitative estimate of drug-likeness (QED) is 0.756. The van der Waals surface area contributed by atoms with E-state index in [1.807, 2.05) is 24.3 Å². The number of amides is 2. The van der Waals surface area contributed by atoms with Gasteiger partial charge in [-0.15, -0.1) is 0 Å². The Morgan fingerprint density at radius 2 is 2.04 bits per heavy atom. The van der Waals surface area contributed by atoms with Crippen LogP contribution in [0.1, 0.15) is 38.2 Å². The standard InChI is InChI=1S/C20H27N3O4/c1-2-27-18(24)13-23-17-9-4-3-7-14(17)10-11-16(20(23)26)22-15-8-5-6-12-21-19(15)25/h3-4,7,9,15-16,22H,2,5-6,8,10-13H2,1H3,(H,21,25)/t15-,16-/m0/s1. The first kappa shape index (κ1) is 19.4. The molecular weight excluding hydrogens is 346 g/mol. The topological polar surface area (TPSA) is 87.7 Å². The molecular formula is C20H27N3O4. The first-order valence-corrected chi connectivity index (χ1v) is 9.68. The number of carbonyl (C=O) groups excluding carboxylic acids is 3. The van der Waals surface area contributed by atoms with E-state index < -0.39 is 12.0 Å². The highest BCUT2D eigenvalue weighted by molar-refractivity contribution is 6.02. The van der Waals surface area contributed by atoms with E-state index >= 15 is 0 Å². The van der Waals surface area contributed by atoms with Crippen molar-refractivity contribution in [3.05, 3.63) is 29.8 Å². The summed E-state index contributed by atoms with van der Waals surface area (Å²) in [7, 11) is 0. The lowest BCUT2D eigenvalue weighted by Gasteiger charge is -2.27. The van der Waals surface area contributed by atoms with Crippen molar-refractivity contribution in [1.29, 1.82) is 0 Å². The Morgan fingerprint density at radius 3 is 2.85 bits per heavy atom. The lowest BCUT2D eigenvalue weighted by Crippen LogP contribution is -2.54. The maximum atomic E-state index is 13.2. The SMILES string of the molecule is CCOC(=O)CN1C(=O)[C@@H](N[C@H]2CCCCNC2=O)CCc2ccccc21. The van der Waals surface area contributed by atoms with E-state index in [-0.39, 0.29) is 31.0 Å². The normalized spacial score (nSPS) is 23.1. The fourth-order valence-electron chi connectivity index (χ4n) is 3.71. The predicted octanol–water partition coefficient (Wildman–Crippen LogP) is 1.16. The number of fused-ring (bicyclic) bond motifs is 1. The molecule has 1 saturated heterocycles. The number of nitrogens with one attached hydrogen (secondary N) is 2. The molecule has 0 aliphatic carbocycles. The minimum Gasteiger partial charge on any atom is -0.465 e. The Kier molecular flexibility index (Phi) is 6.45. The van der Waals surface area contributed by atoms with Crippen LogP contribution in [0.2, 0.25) is 0 Å². The summed E-state index contributed by atoms with van der Waals surface area (Å²) in [6, 6.07) is 6.72. The van der Waals surface area contributed by atoms with Crippen LogP contribution in [-0.2, 0) is 25.5 Å². The third kappa shape index (κ3) is 4.66. The van der Waals surface area contributed by atoms with Crippen LogP contribution in [-0.4, -0.2) is 49.6 Å². The van der Waals surface area contributed by atoms with Crippen molar-refractivity contribution in [1.82, 2.24) is 10.6 Å². The minimum absolute atomic E-state index is 0.0565. The van der Waals surface area contributed by atoms with E-state index in [0.29, 0.717) is 25.8 Å². The van der Waals surface area contributed by atoms with Crippen LogP contribution in [0.3, 0.4) is 0 Å². The molecule has 1 aromatic rings. The van der Waals surface area contributed by atoms with E-state index in [0.717, 1.165) is 24.1 Å². The van der Waals surface area contributed by atoms with Crippen molar-refractivity contribution in [2.24, 2.45) is 0 Å². The van der Waals surface area contributed by atoms with Gasteiger partial charge in [0.2, 0.25) is 11.8 Å². The van der Waals surface area contributed by atoms with E-state index in [9.17, 15) is 14.4 Å². The lowest BCUT2D eigenvalue weighted by molar-refractivity contribution is -0.142. The number of ether oxygens (including phenoxy) is 1. The second kappa shape index (κ2) is 8.99. The Balaban J connectivity index is 1.82. The van der Waals surface area contributed by atoms with Crippen LogP contribution in [0.5, 0.6) is 0 Å². The fraction of sp³-hybridized carbons (Fsp3) is 0.550. The molecule has 2 heterocycles. The van der Waals surface area contributed by atoms with Gasteiger partial charge in [0.05, 0.1) is 18.7 Å². The molecule has 2 amide bonds. The number of benzene rings is 1. The molecule has 2 N–H and O–H groups in total. The molecule has 1 aromatic carbocycles. The van der Waals surface area contributed by atoms with Gasteiger partial charge in [-0.05, 0) is 50.7 Å². The number of nitrogens with zero attached hydrogens (tertiary/aromatic N) is 1. The average Bonchev–Trinajstić information content (AvgIpc) is 2.93. The smallest absolute Gasteiger partial charge is 0.326 e. The minimum atomic E-state index is -0.513. The second-order valence-corrected chi connectivity index (χ2v) is 6.96. The average molecular weight is 373 g/mol. The molecule has 27 heavy (non-hydrogen) atoms. The van der Waals surface area contributed by atoms with Gasteiger partial charge in [-0.2, -0.15) is 0 Å². The number of hydrogen-bond donors (Lipinski definition) is 2. The molecule has 2 aliphatic heterocycles. The predicted molar refractivity (Wildman–Crippen MR) is 101 cm³/mol. The maximum Gasteiger partial charge on any atom is 0.326 e. The second-order valence-electron chi connectivity index (χ2n) is 6.96. The van der Waals surface area contributed by atoms with Crippen LogP contribution in [0.25, 0.3) is 0 Å². The number of anilines is 1. The van der Waals surface area contributed by atoms with Gasteiger partial charge < -0.3 is 10.1 Å². The summed E-state index contributed by atoms with van der Waals surface area (Å²) in [5.41, 5.74) is 1.76. The summed E-state index contributed by atoms with van der Waals surface area (Å²) >= 11 is 0. The van der Waals surface area contributed by atoms with Gasteiger partial charge in [0, 0.05) is 12.2 Å². The molecule has 3 rings (SSSR count). The van der Waals surface area contributed by atoms with Crippen molar-refractivity contribution in [3.63, 3.8) is 0 Å². The van der Waals surface area contributed by atoms with Gasteiger partial charge in [0.25, 0.3) is 0 Å². The number of hydrogen-bond acceptors (Lipinski definition) is 5. The number of carbonyl (C=O) groups is 3. The third-order valence-electron chi connectivity index (χ3n) is 5.08. The zero-order valence-corrected chi connectivity index (χ0v) is 15.7. The summed E-state index contributed by atoms with van der Waals surface area (Å²) < 4.78 is 5.05. The van der Waals surface area contributed by atoms with Gasteiger partial charge in [-0.3, -0.25) is 24.6 Å². The van der Waals surface area contributed by atoms with Crippen molar-refractivity contribution in [3.8, 4) is 0 Å². The maximum absolute atomic E-state index is 13.2. The van der Waals surface area contributed by atoms with E-state index in [1.165, 1.54) is 4.90 Å². The van der Waals surface area contributed by atoms with Gasteiger partial charge in [-0.25, -0.2) is 0 Å². The molecule has 2 aliphatic rings. The first-order valence-electron chi connectivity index (χ1n) is 9.68. The molecule has 1 fully saturated rings. The van der Waals surface area contributed by atoms with Gasteiger partial charge in [0.1, 0.15) is 6.54 Å². The molecule has 146 valence electrons. The van der Waals surface area contributed by atoms with Crippen molar-refractivity contribution >= 4 is 23.5 Å². The molecule has 0 spiro atoms. The highest BCUT2D eigenvalue weighted by Crippen LogP contribution is 2.27. The fourth-order valence-corrected chi connectivity index (χ4v) is 3.71. The summed E-state index contributed by atoms with van der Waals surface area (Å²) in [5.74, 6) is -0.683. The molecule has 0 saturated carbocycles. The highest BCUT2D eigenvalue weighted by Gasteiger charge is 2.34. The van der Waals surface area contributed by atoms with Crippen LogP contribution >= 0.6 is 0 Å². The van der Waals surface area contributed by atoms with Gasteiger partial charge in [-0.1, -0.05) is 18.2 Å². The first-order chi connectivity index (χ1) is 13.1. The Bertz CT molecular complexity index is 706. The zero-order chi connectivity index (χ0) is 19.2. The highest BCUT2D eigenvalue weighted by atomic mass is 16.5. The Hall–Kier alpha value is -2.41. The van der Waals surface area contributed by atoms with Gasteiger partial charge >= 0.3 is 5.97 Å². The van der Waals surface area contributed by atoms with Crippen molar-refractivity contribution in [2.45, 2.75) is 51.1 Å². The van der Waals surface area contributed by atoms with E-state index in [4.69, 9.17) is 4.74 Å². The number of esters is 1. The van der Waals surface area contributed by atoms with Crippen LogP contribution in [0.15, 0.2) is 24.3 Å². The molecule has 7 heteroatoms. The summed E-state index contributed by atoms with van der Waals surface area (Å²) in [4.78, 5) is 39.1. The van der Waals surface area contributed by atoms with E-state index in [1.54, 1.807) is 6.92 Å². The van der Waals surface area contributed by atoms with Gasteiger partial charge in [0.15, 0.2) is 0 Å². The molecule has 2 atom stereocenters. The van der Waals surface area contributed by atoms with Crippen LogP contribution in [0, 0.1) is 0 Å². The third-order valence-corrected chi connectivity index (χ3v) is 5.08. The monoisotopic (exact) mass is 373 g/mol. The Labute approximate surface area is 159 Å². The molecule has 0 aromatic heterocycles. The molecule has 0 bridgehead atoms. The zero-order valence-electron chi connectivity index (χ0n) is 15.7.